The fourth-order valence-electron chi connectivity index (χ4n) is 1.10. The van der Waals surface area contributed by atoms with Crippen LogP contribution in [0, 0.1) is 0 Å². The molecule has 0 aromatic rings. The van der Waals surface area contributed by atoms with Gasteiger partial charge in [-0.15, -0.1) is 0 Å². The molecule has 0 spiro atoms. The molecule has 0 atom stereocenters. The number of hydrogen-bond donors (Lipinski definition) is 1. The van der Waals surface area contributed by atoms with E-state index in [2.05, 4.69) is 20.1 Å². The lowest BCUT2D eigenvalue weighted by Gasteiger charge is -2.04. The van der Waals surface area contributed by atoms with Crippen LogP contribution in [0.15, 0.2) is 24.8 Å². The maximum Gasteiger partial charge on any atom is 0.333 e. The van der Waals surface area contributed by atoms with Crippen LogP contribution in [-0.2, 0) is 14.3 Å². The maximum atomic E-state index is 11.1. The highest BCUT2D eigenvalue weighted by Crippen LogP contribution is 2.09. The van der Waals surface area contributed by atoms with Gasteiger partial charge in [0.25, 0.3) is 0 Å². The molecule has 0 saturated heterocycles. The third-order valence-corrected chi connectivity index (χ3v) is 2.07. The van der Waals surface area contributed by atoms with Crippen LogP contribution in [0.1, 0.15) is 46.0 Å². The van der Waals surface area contributed by atoms with Gasteiger partial charge >= 0.3 is 11.9 Å². The minimum Gasteiger partial charge on any atom is -0.478 e. The lowest BCUT2D eigenvalue weighted by atomic mass is 10.1. The standard InChI is InChI=1S/C11H20O2.C3H4O2/c1-4-6-7-8-9-10(3)11(12)13-5-2;1-2-3(4)5/h3-9H2,1-2H3;2H,1H2,(H,4,5). The quantitative estimate of drug-likeness (QED) is 0.411. The molecule has 0 unspecified atom stereocenters. The lowest BCUT2D eigenvalue weighted by molar-refractivity contribution is -0.138. The number of hydrogen-bond acceptors (Lipinski definition) is 3. The van der Waals surface area contributed by atoms with Crippen LogP contribution in [0.4, 0.5) is 0 Å². The van der Waals surface area contributed by atoms with E-state index in [0.29, 0.717) is 12.2 Å². The summed E-state index contributed by atoms with van der Waals surface area (Å²) in [5.41, 5.74) is 0.609. The average molecular weight is 256 g/mol. The Balaban J connectivity index is 0. The molecule has 0 aliphatic carbocycles. The Hall–Kier alpha value is -1.58. The van der Waals surface area contributed by atoms with Crippen LogP contribution in [0.5, 0.6) is 0 Å². The van der Waals surface area contributed by atoms with Gasteiger partial charge in [-0.2, -0.15) is 0 Å². The molecule has 4 heteroatoms. The zero-order chi connectivity index (χ0) is 14.4. The number of aliphatic carboxylic acids is 1. The van der Waals surface area contributed by atoms with Crippen molar-refractivity contribution in [2.45, 2.75) is 46.0 Å². The highest BCUT2D eigenvalue weighted by Gasteiger charge is 2.06. The number of esters is 1. The van der Waals surface area contributed by atoms with Crippen LogP contribution >= 0.6 is 0 Å². The molecule has 0 aromatic heterocycles. The second-order valence-corrected chi connectivity index (χ2v) is 3.68. The van der Waals surface area contributed by atoms with E-state index < -0.39 is 5.97 Å². The summed E-state index contributed by atoms with van der Waals surface area (Å²) in [6.45, 7) is 11.1. The Morgan fingerprint density at radius 1 is 1.22 bits per heavy atom. The molecule has 4 nitrogen and oxygen atoms in total. The Bertz CT molecular complexity index is 269. The molecule has 0 saturated carbocycles. The van der Waals surface area contributed by atoms with Gasteiger partial charge in [-0.1, -0.05) is 39.3 Å². The second-order valence-electron chi connectivity index (χ2n) is 3.68. The lowest BCUT2D eigenvalue weighted by Crippen LogP contribution is -2.06. The average Bonchev–Trinajstić information content (AvgIpc) is 2.35. The highest BCUT2D eigenvalue weighted by atomic mass is 16.5. The van der Waals surface area contributed by atoms with Gasteiger partial charge in [0.05, 0.1) is 6.61 Å². The summed E-state index contributed by atoms with van der Waals surface area (Å²) in [6, 6.07) is 0. The summed E-state index contributed by atoms with van der Waals surface area (Å²) in [5, 5.41) is 7.60. The molecule has 0 rings (SSSR count). The van der Waals surface area contributed by atoms with Crippen LogP contribution in [0.3, 0.4) is 0 Å². The van der Waals surface area contributed by atoms with Crippen LogP contribution < -0.4 is 0 Å². The predicted molar refractivity (Wildman–Crippen MR) is 72.4 cm³/mol. The number of carbonyl (C=O) groups excluding carboxylic acids is 1. The van der Waals surface area contributed by atoms with Gasteiger partial charge in [0.1, 0.15) is 0 Å². The summed E-state index contributed by atoms with van der Waals surface area (Å²) in [5.74, 6) is -1.22. The van der Waals surface area contributed by atoms with Crippen molar-refractivity contribution in [3.63, 3.8) is 0 Å². The monoisotopic (exact) mass is 256 g/mol. The zero-order valence-electron chi connectivity index (χ0n) is 11.4. The first-order valence-corrected chi connectivity index (χ1v) is 6.19. The summed E-state index contributed by atoms with van der Waals surface area (Å²) in [7, 11) is 0. The number of unbranched alkanes of at least 4 members (excludes halogenated alkanes) is 3. The van der Waals surface area contributed by atoms with E-state index in [0.717, 1.165) is 18.9 Å². The normalized spacial score (nSPS) is 8.78. The predicted octanol–water partition coefficient (Wildman–Crippen LogP) is 3.33. The van der Waals surface area contributed by atoms with Gasteiger partial charge in [0.2, 0.25) is 0 Å². The number of carboxylic acid groups (broad SMARTS) is 1. The Morgan fingerprint density at radius 2 is 1.78 bits per heavy atom. The van der Waals surface area contributed by atoms with Crippen LogP contribution in [0.25, 0.3) is 0 Å². The minimum absolute atomic E-state index is 0.237. The zero-order valence-corrected chi connectivity index (χ0v) is 11.4. The molecule has 0 amide bonds. The molecule has 0 radical (unpaired) electrons. The maximum absolute atomic E-state index is 11.1. The first-order chi connectivity index (χ1) is 8.49. The molecule has 0 fully saturated rings. The van der Waals surface area contributed by atoms with Gasteiger partial charge in [0, 0.05) is 11.6 Å². The molecular formula is C14H24O4. The third-order valence-electron chi connectivity index (χ3n) is 2.07. The summed E-state index contributed by atoms with van der Waals surface area (Å²) in [4.78, 5) is 20.3. The van der Waals surface area contributed by atoms with Gasteiger partial charge < -0.3 is 9.84 Å². The Kier molecular flexibility index (Phi) is 14.1. The number of carboxylic acids is 1. The van der Waals surface area contributed by atoms with E-state index in [-0.39, 0.29) is 5.97 Å². The topological polar surface area (TPSA) is 63.6 Å². The smallest absolute Gasteiger partial charge is 0.333 e. The van der Waals surface area contributed by atoms with Gasteiger partial charge in [-0.05, 0) is 19.8 Å². The van der Waals surface area contributed by atoms with Crippen molar-refractivity contribution in [3.05, 3.63) is 24.8 Å². The summed E-state index contributed by atoms with van der Waals surface area (Å²) in [6.07, 6.45) is 6.28. The molecule has 0 bridgehead atoms. The molecule has 1 N–H and O–H groups in total. The molecule has 18 heavy (non-hydrogen) atoms. The van der Waals surface area contributed by atoms with E-state index in [4.69, 9.17) is 9.84 Å². The van der Waals surface area contributed by atoms with Crippen LogP contribution in [0.2, 0.25) is 0 Å². The number of rotatable bonds is 8. The van der Waals surface area contributed by atoms with Gasteiger partial charge in [-0.25, -0.2) is 9.59 Å². The van der Waals surface area contributed by atoms with Crippen molar-refractivity contribution in [3.8, 4) is 0 Å². The van der Waals surface area contributed by atoms with Crippen LogP contribution in [-0.4, -0.2) is 23.7 Å². The number of ether oxygens (including phenoxy) is 1. The van der Waals surface area contributed by atoms with E-state index in [1.54, 1.807) is 0 Å². The molecule has 0 aliphatic heterocycles. The van der Waals surface area contributed by atoms with E-state index in [9.17, 15) is 9.59 Å². The highest BCUT2D eigenvalue weighted by molar-refractivity contribution is 5.87. The van der Waals surface area contributed by atoms with E-state index in [1.807, 2.05) is 6.92 Å². The third kappa shape index (κ3) is 14.4. The second kappa shape index (κ2) is 13.5. The first-order valence-electron chi connectivity index (χ1n) is 6.19. The fourth-order valence-corrected chi connectivity index (χ4v) is 1.10. The summed E-state index contributed by atoms with van der Waals surface area (Å²) < 4.78 is 4.82. The molecule has 0 aliphatic rings. The van der Waals surface area contributed by atoms with Crippen molar-refractivity contribution >= 4 is 11.9 Å². The van der Waals surface area contributed by atoms with Crippen molar-refractivity contribution in [2.75, 3.05) is 6.61 Å². The largest absolute Gasteiger partial charge is 0.478 e. The first kappa shape index (κ1) is 18.8. The van der Waals surface area contributed by atoms with E-state index in [1.165, 1.54) is 19.3 Å². The Labute approximate surface area is 109 Å². The van der Waals surface area contributed by atoms with E-state index >= 15 is 0 Å². The van der Waals surface area contributed by atoms with Crippen molar-refractivity contribution in [1.29, 1.82) is 0 Å². The molecule has 0 aromatic carbocycles. The van der Waals surface area contributed by atoms with Gasteiger partial charge in [0.15, 0.2) is 0 Å². The fraction of sp³-hybridized carbons (Fsp3) is 0.571. The molecular weight excluding hydrogens is 232 g/mol. The minimum atomic E-state index is -0.981. The van der Waals surface area contributed by atoms with Gasteiger partial charge in [-0.3, -0.25) is 0 Å². The number of carbonyl (C=O) groups is 2. The summed E-state index contributed by atoms with van der Waals surface area (Å²) >= 11 is 0. The van der Waals surface area contributed by atoms with Crippen molar-refractivity contribution in [2.24, 2.45) is 0 Å². The molecule has 0 heterocycles. The van der Waals surface area contributed by atoms with Crippen molar-refractivity contribution < 1.29 is 19.4 Å². The Morgan fingerprint density at radius 3 is 2.17 bits per heavy atom. The molecule has 104 valence electrons. The SMILES string of the molecule is C=C(CCCCCC)C(=O)OCC.C=CC(=O)O. The van der Waals surface area contributed by atoms with Crippen molar-refractivity contribution in [1.82, 2.24) is 0 Å².